The van der Waals surface area contributed by atoms with Crippen molar-refractivity contribution in [3.63, 3.8) is 0 Å². The molecule has 0 unspecified atom stereocenters. The predicted octanol–water partition coefficient (Wildman–Crippen LogP) is 3.52. The standard InChI is InChI=1S/C16H13N3O/c17-16-18-10-12(11-19-16)14-8-4-5-9-15(14)20-13-6-2-1-3-7-13/h1-11H,(H2,17,18,19). The van der Waals surface area contributed by atoms with Gasteiger partial charge in [-0.2, -0.15) is 0 Å². The summed E-state index contributed by atoms with van der Waals surface area (Å²) in [6, 6.07) is 17.4. The van der Waals surface area contributed by atoms with Gasteiger partial charge in [0, 0.05) is 23.5 Å². The van der Waals surface area contributed by atoms with Gasteiger partial charge in [0.2, 0.25) is 5.95 Å². The van der Waals surface area contributed by atoms with Crippen molar-refractivity contribution in [1.29, 1.82) is 0 Å². The molecule has 3 aromatic rings. The summed E-state index contributed by atoms with van der Waals surface area (Å²) >= 11 is 0. The molecule has 0 atom stereocenters. The molecule has 1 heterocycles. The van der Waals surface area contributed by atoms with Crippen molar-refractivity contribution in [3.8, 4) is 22.6 Å². The Morgan fingerprint density at radius 3 is 2.20 bits per heavy atom. The normalized spacial score (nSPS) is 10.2. The van der Waals surface area contributed by atoms with Crippen molar-refractivity contribution in [2.24, 2.45) is 0 Å². The zero-order valence-electron chi connectivity index (χ0n) is 10.7. The first-order chi connectivity index (χ1) is 9.83. The summed E-state index contributed by atoms with van der Waals surface area (Å²) in [6.45, 7) is 0. The second kappa shape index (κ2) is 5.40. The number of para-hydroxylation sites is 2. The lowest BCUT2D eigenvalue weighted by Gasteiger charge is -2.10. The molecule has 0 fully saturated rings. The maximum Gasteiger partial charge on any atom is 0.219 e. The van der Waals surface area contributed by atoms with Crippen LogP contribution in [0.4, 0.5) is 5.95 Å². The fourth-order valence-corrected chi connectivity index (χ4v) is 1.89. The Balaban J connectivity index is 1.98. The number of ether oxygens (including phenoxy) is 1. The fourth-order valence-electron chi connectivity index (χ4n) is 1.89. The monoisotopic (exact) mass is 263 g/mol. The Morgan fingerprint density at radius 2 is 1.45 bits per heavy atom. The van der Waals surface area contributed by atoms with Crippen molar-refractivity contribution in [2.45, 2.75) is 0 Å². The molecule has 2 N–H and O–H groups in total. The van der Waals surface area contributed by atoms with Crippen molar-refractivity contribution in [3.05, 3.63) is 67.0 Å². The van der Waals surface area contributed by atoms with Crippen LogP contribution < -0.4 is 10.5 Å². The molecule has 0 amide bonds. The van der Waals surface area contributed by atoms with Gasteiger partial charge in [0.1, 0.15) is 11.5 Å². The van der Waals surface area contributed by atoms with Gasteiger partial charge in [-0.1, -0.05) is 36.4 Å². The van der Waals surface area contributed by atoms with Gasteiger partial charge in [-0.05, 0) is 18.2 Å². The molecule has 0 saturated carbocycles. The highest BCUT2D eigenvalue weighted by molar-refractivity contribution is 5.69. The summed E-state index contributed by atoms with van der Waals surface area (Å²) in [4.78, 5) is 8.03. The quantitative estimate of drug-likeness (QED) is 0.785. The van der Waals surface area contributed by atoms with Crippen LogP contribution in [0, 0.1) is 0 Å². The number of anilines is 1. The predicted molar refractivity (Wildman–Crippen MR) is 78.4 cm³/mol. The highest BCUT2D eigenvalue weighted by atomic mass is 16.5. The number of rotatable bonds is 3. The summed E-state index contributed by atoms with van der Waals surface area (Å²) in [7, 11) is 0. The zero-order valence-corrected chi connectivity index (χ0v) is 10.7. The molecule has 0 spiro atoms. The third kappa shape index (κ3) is 2.59. The maximum absolute atomic E-state index is 5.91. The molecule has 4 nitrogen and oxygen atoms in total. The van der Waals surface area contributed by atoms with Crippen LogP contribution in [0.3, 0.4) is 0 Å². The van der Waals surface area contributed by atoms with Crippen LogP contribution in [0.1, 0.15) is 0 Å². The Labute approximate surface area is 116 Å². The molecule has 20 heavy (non-hydrogen) atoms. The highest BCUT2D eigenvalue weighted by Gasteiger charge is 2.07. The van der Waals surface area contributed by atoms with Gasteiger partial charge in [0.25, 0.3) is 0 Å². The van der Waals surface area contributed by atoms with Gasteiger partial charge in [-0.15, -0.1) is 0 Å². The first-order valence-corrected chi connectivity index (χ1v) is 6.23. The minimum absolute atomic E-state index is 0.259. The summed E-state index contributed by atoms with van der Waals surface area (Å²) in [5.41, 5.74) is 7.31. The average Bonchev–Trinajstić information content (AvgIpc) is 2.50. The van der Waals surface area contributed by atoms with Gasteiger partial charge < -0.3 is 10.5 Å². The maximum atomic E-state index is 5.91. The first kappa shape index (κ1) is 12.2. The Kier molecular flexibility index (Phi) is 3.29. The number of aromatic nitrogens is 2. The van der Waals surface area contributed by atoms with E-state index in [1.165, 1.54) is 0 Å². The van der Waals surface area contributed by atoms with Crippen molar-refractivity contribution in [1.82, 2.24) is 9.97 Å². The van der Waals surface area contributed by atoms with E-state index in [9.17, 15) is 0 Å². The zero-order chi connectivity index (χ0) is 13.8. The minimum atomic E-state index is 0.259. The molecule has 0 aliphatic carbocycles. The van der Waals surface area contributed by atoms with E-state index in [0.717, 1.165) is 22.6 Å². The van der Waals surface area contributed by atoms with Gasteiger partial charge >= 0.3 is 0 Å². The molecule has 3 rings (SSSR count). The molecule has 0 aliphatic rings. The van der Waals surface area contributed by atoms with Crippen LogP contribution in [-0.4, -0.2) is 9.97 Å². The van der Waals surface area contributed by atoms with E-state index in [2.05, 4.69) is 9.97 Å². The van der Waals surface area contributed by atoms with Crippen LogP contribution in [-0.2, 0) is 0 Å². The van der Waals surface area contributed by atoms with Crippen molar-refractivity contribution >= 4 is 5.95 Å². The molecule has 0 radical (unpaired) electrons. The Bertz CT molecular complexity index is 696. The van der Waals surface area contributed by atoms with Gasteiger partial charge in [0.15, 0.2) is 0 Å². The van der Waals surface area contributed by atoms with E-state index in [0.29, 0.717) is 0 Å². The summed E-state index contributed by atoms with van der Waals surface area (Å²) in [5, 5.41) is 0. The first-order valence-electron chi connectivity index (χ1n) is 6.23. The van der Waals surface area contributed by atoms with Crippen molar-refractivity contribution in [2.75, 3.05) is 5.73 Å². The van der Waals surface area contributed by atoms with E-state index >= 15 is 0 Å². The van der Waals surface area contributed by atoms with E-state index in [4.69, 9.17) is 10.5 Å². The molecule has 98 valence electrons. The summed E-state index contributed by atoms with van der Waals surface area (Å²) in [6.07, 6.45) is 3.38. The van der Waals surface area contributed by atoms with E-state index in [1.807, 2.05) is 54.6 Å². The third-order valence-corrected chi connectivity index (χ3v) is 2.84. The molecule has 2 aromatic carbocycles. The van der Waals surface area contributed by atoms with Crippen LogP contribution in [0.2, 0.25) is 0 Å². The molecule has 0 aliphatic heterocycles. The number of nitrogen functional groups attached to an aromatic ring is 1. The molecule has 4 heteroatoms. The minimum Gasteiger partial charge on any atom is -0.457 e. The summed E-state index contributed by atoms with van der Waals surface area (Å²) < 4.78 is 5.91. The number of benzene rings is 2. The fraction of sp³-hybridized carbons (Fsp3) is 0. The van der Waals surface area contributed by atoms with E-state index in [-0.39, 0.29) is 5.95 Å². The smallest absolute Gasteiger partial charge is 0.219 e. The van der Waals surface area contributed by atoms with E-state index < -0.39 is 0 Å². The number of nitrogens with two attached hydrogens (primary N) is 1. The van der Waals surface area contributed by atoms with Crippen LogP contribution >= 0.6 is 0 Å². The van der Waals surface area contributed by atoms with Gasteiger partial charge in [0.05, 0.1) is 0 Å². The molecule has 0 saturated heterocycles. The lowest BCUT2D eigenvalue weighted by molar-refractivity contribution is 0.484. The SMILES string of the molecule is Nc1ncc(-c2ccccc2Oc2ccccc2)cn1. The lowest BCUT2D eigenvalue weighted by Crippen LogP contribution is -1.94. The second-order valence-corrected chi connectivity index (χ2v) is 4.24. The number of hydrogen-bond acceptors (Lipinski definition) is 4. The lowest BCUT2D eigenvalue weighted by atomic mass is 10.1. The molecule has 1 aromatic heterocycles. The molecule has 0 bridgehead atoms. The highest BCUT2D eigenvalue weighted by Crippen LogP contribution is 2.32. The Morgan fingerprint density at radius 1 is 0.800 bits per heavy atom. The number of hydrogen-bond donors (Lipinski definition) is 1. The summed E-state index contributed by atoms with van der Waals surface area (Å²) in [5.74, 6) is 1.80. The third-order valence-electron chi connectivity index (χ3n) is 2.84. The molecular weight excluding hydrogens is 250 g/mol. The van der Waals surface area contributed by atoms with Crippen LogP contribution in [0.15, 0.2) is 67.0 Å². The molecular formula is C16H13N3O. The van der Waals surface area contributed by atoms with E-state index in [1.54, 1.807) is 12.4 Å². The van der Waals surface area contributed by atoms with Crippen LogP contribution in [0.5, 0.6) is 11.5 Å². The van der Waals surface area contributed by atoms with Gasteiger partial charge in [-0.3, -0.25) is 0 Å². The number of nitrogens with zero attached hydrogens (tertiary/aromatic N) is 2. The average molecular weight is 263 g/mol. The van der Waals surface area contributed by atoms with Gasteiger partial charge in [-0.25, -0.2) is 9.97 Å². The second-order valence-electron chi connectivity index (χ2n) is 4.24. The van der Waals surface area contributed by atoms with Crippen LogP contribution in [0.25, 0.3) is 11.1 Å². The topological polar surface area (TPSA) is 61.0 Å². The Hall–Kier alpha value is -2.88. The largest absolute Gasteiger partial charge is 0.457 e. The van der Waals surface area contributed by atoms with Crippen molar-refractivity contribution < 1.29 is 4.74 Å².